The Kier molecular flexibility index (Phi) is 3.14. The molecule has 0 amide bonds. The van der Waals surface area contributed by atoms with Crippen LogP contribution < -0.4 is 5.73 Å². The molecule has 78 valence electrons. The van der Waals surface area contributed by atoms with Crippen molar-refractivity contribution in [1.29, 1.82) is 0 Å². The average molecular weight is 218 g/mol. The molecular weight excluding hydrogens is 204 g/mol. The van der Waals surface area contributed by atoms with Gasteiger partial charge in [-0.15, -0.1) is 11.3 Å². The van der Waals surface area contributed by atoms with Crippen LogP contribution in [-0.2, 0) is 13.0 Å². The van der Waals surface area contributed by atoms with Crippen LogP contribution in [0.4, 0.5) is 0 Å². The normalized spacial score (nSPS) is 10.5. The number of nitrogens with two attached hydrogens (primary N) is 1. The van der Waals surface area contributed by atoms with E-state index in [0.29, 0.717) is 6.54 Å². The summed E-state index contributed by atoms with van der Waals surface area (Å²) in [6.45, 7) is 2.66. The van der Waals surface area contributed by atoms with Gasteiger partial charge in [0.25, 0.3) is 0 Å². The minimum Gasteiger partial charge on any atom is -0.325 e. The first-order chi connectivity index (χ1) is 7.29. The second kappa shape index (κ2) is 4.55. The molecular formula is C12H14N2S. The van der Waals surface area contributed by atoms with Crippen molar-refractivity contribution < 1.29 is 0 Å². The van der Waals surface area contributed by atoms with Crippen molar-refractivity contribution in [3.63, 3.8) is 0 Å². The molecule has 1 heterocycles. The Hall–Kier alpha value is -1.19. The molecule has 0 atom stereocenters. The Balaban J connectivity index is 2.18. The quantitative estimate of drug-likeness (QED) is 0.859. The highest BCUT2D eigenvalue weighted by atomic mass is 32.1. The first kappa shape index (κ1) is 10.3. The van der Waals surface area contributed by atoms with E-state index in [-0.39, 0.29) is 0 Å². The van der Waals surface area contributed by atoms with E-state index in [1.54, 1.807) is 11.3 Å². The van der Waals surface area contributed by atoms with Crippen LogP contribution in [0.15, 0.2) is 29.6 Å². The molecule has 0 saturated carbocycles. The van der Waals surface area contributed by atoms with Crippen molar-refractivity contribution in [2.24, 2.45) is 5.73 Å². The number of rotatable bonds is 3. The van der Waals surface area contributed by atoms with Crippen LogP contribution in [0.3, 0.4) is 0 Å². The van der Waals surface area contributed by atoms with Gasteiger partial charge >= 0.3 is 0 Å². The summed E-state index contributed by atoms with van der Waals surface area (Å²) >= 11 is 1.69. The van der Waals surface area contributed by atoms with Crippen LogP contribution in [0.2, 0.25) is 0 Å². The summed E-state index contributed by atoms with van der Waals surface area (Å²) in [6, 6.07) is 8.41. The topological polar surface area (TPSA) is 38.9 Å². The Labute approximate surface area is 93.8 Å². The van der Waals surface area contributed by atoms with Gasteiger partial charge in [-0.3, -0.25) is 0 Å². The molecule has 2 aromatic rings. The Morgan fingerprint density at radius 1 is 1.33 bits per heavy atom. The maximum absolute atomic E-state index is 5.53. The standard InChI is InChI=1S/C12H14N2S/c1-9-4-2-3-5-10(9)6-12-14-11(7-13)8-15-12/h2-5,8H,6-7,13H2,1H3. The van der Waals surface area contributed by atoms with E-state index in [2.05, 4.69) is 36.2 Å². The van der Waals surface area contributed by atoms with Gasteiger partial charge in [-0.1, -0.05) is 24.3 Å². The molecule has 3 heteroatoms. The van der Waals surface area contributed by atoms with Crippen LogP contribution >= 0.6 is 11.3 Å². The molecule has 2 N–H and O–H groups in total. The molecule has 0 spiro atoms. The van der Waals surface area contributed by atoms with Gasteiger partial charge < -0.3 is 5.73 Å². The summed E-state index contributed by atoms with van der Waals surface area (Å²) in [5.74, 6) is 0. The van der Waals surface area contributed by atoms with Crippen LogP contribution in [0.1, 0.15) is 21.8 Å². The lowest BCUT2D eigenvalue weighted by molar-refractivity contribution is 0.980. The lowest BCUT2D eigenvalue weighted by atomic mass is 10.1. The third-order valence-corrected chi connectivity index (χ3v) is 3.31. The van der Waals surface area contributed by atoms with Gasteiger partial charge in [-0.05, 0) is 18.1 Å². The lowest BCUT2D eigenvalue weighted by Gasteiger charge is -2.01. The van der Waals surface area contributed by atoms with Gasteiger partial charge in [-0.25, -0.2) is 4.98 Å². The molecule has 1 aromatic heterocycles. The molecule has 0 bridgehead atoms. The monoisotopic (exact) mass is 218 g/mol. The van der Waals surface area contributed by atoms with Crippen LogP contribution in [0.5, 0.6) is 0 Å². The highest BCUT2D eigenvalue weighted by molar-refractivity contribution is 7.09. The zero-order valence-electron chi connectivity index (χ0n) is 8.73. The van der Waals surface area contributed by atoms with Crippen molar-refractivity contribution in [1.82, 2.24) is 4.98 Å². The molecule has 2 rings (SSSR count). The SMILES string of the molecule is Cc1ccccc1Cc1nc(CN)cs1. The smallest absolute Gasteiger partial charge is 0.0972 e. The van der Waals surface area contributed by atoms with Crippen molar-refractivity contribution in [2.45, 2.75) is 19.9 Å². The Morgan fingerprint density at radius 3 is 2.80 bits per heavy atom. The molecule has 0 aliphatic heterocycles. The van der Waals surface area contributed by atoms with Gasteiger partial charge in [0.05, 0.1) is 10.7 Å². The first-order valence-corrected chi connectivity index (χ1v) is 5.85. The number of nitrogens with zero attached hydrogens (tertiary/aromatic N) is 1. The Morgan fingerprint density at radius 2 is 2.13 bits per heavy atom. The summed E-state index contributed by atoms with van der Waals surface area (Å²) in [7, 11) is 0. The van der Waals surface area contributed by atoms with Crippen LogP contribution in [-0.4, -0.2) is 4.98 Å². The molecule has 0 saturated heterocycles. The highest BCUT2D eigenvalue weighted by Crippen LogP contribution is 2.16. The van der Waals surface area contributed by atoms with Gasteiger partial charge in [0, 0.05) is 18.3 Å². The number of benzene rings is 1. The lowest BCUT2D eigenvalue weighted by Crippen LogP contribution is -1.97. The first-order valence-electron chi connectivity index (χ1n) is 4.97. The molecule has 1 aromatic carbocycles. The molecule has 0 fully saturated rings. The largest absolute Gasteiger partial charge is 0.325 e. The highest BCUT2D eigenvalue weighted by Gasteiger charge is 2.03. The fraction of sp³-hybridized carbons (Fsp3) is 0.250. The predicted molar refractivity (Wildman–Crippen MR) is 64.0 cm³/mol. The molecule has 0 aliphatic carbocycles. The zero-order valence-corrected chi connectivity index (χ0v) is 9.55. The van der Waals surface area contributed by atoms with E-state index >= 15 is 0 Å². The third-order valence-electron chi connectivity index (χ3n) is 2.41. The minimum atomic E-state index is 0.532. The predicted octanol–water partition coefficient (Wildman–Crippen LogP) is 2.50. The van der Waals surface area contributed by atoms with Gasteiger partial charge in [-0.2, -0.15) is 0 Å². The summed E-state index contributed by atoms with van der Waals surface area (Å²) in [6.07, 6.45) is 0.914. The fourth-order valence-electron chi connectivity index (χ4n) is 1.50. The van der Waals surface area contributed by atoms with Crippen molar-refractivity contribution in [3.05, 3.63) is 51.5 Å². The third kappa shape index (κ3) is 2.43. The van der Waals surface area contributed by atoms with Crippen molar-refractivity contribution in [2.75, 3.05) is 0 Å². The van der Waals surface area contributed by atoms with E-state index < -0.39 is 0 Å². The molecule has 0 aliphatic rings. The number of hydrogen-bond donors (Lipinski definition) is 1. The summed E-state index contributed by atoms with van der Waals surface area (Å²) < 4.78 is 0. The molecule has 0 radical (unpaired) electrons. The van der Waals surface area contributed by atoms with E-state index in [9.17, 15) is 0 Å². The fourth-order valence-corrected chi connectivity index (χ4v) is 2.33. The van der Waals surface area contributed by atoms with Gasteiger partial charge in [0.15, 0.2) is 0 Å². The van der Waals surface area contributed by atoms with E-state index in [0.717, 1.165) is 17.1 Å². The van der Waals surface area contributed by atoms with Gasteiger partial charge in [0.1, 0.15) is 0 Å². The molecule has 0 unspecified atom stereocenters. The molecule has 2 nitrogen and oxygen atoms in total. The van der Waals surface area contributed by atoms with Crippen molar-refractivity contribution >= 4 is 11.3 Å². The Bertz CT molecular complexity index is 448. The van der Waals surface area contributed by atoms with Crippen molar-refractivity contribution in [3.8, 4) is 0 Å². The van der Waals surface area contributed by atoms with E-state index in [1.165, 1.54) is 11.1 Å². The number of hydrogen-bond acceptors (Lipinski definition) is 3. The minimum absolute atomic E-state index is 0.532. The molecule has 15 heavy (non-hydrogen) atoms. The second-order valence-corrected chi connectivity index (χ2v) is 4.48. The average Bonchev–Trinajstić information content (AvgIpc) is 2.69. The van der Waals surface area contributed by atoms with Crippen LogP contribution in [0, 0.1) is 6.92 Å². The maximum Gasteiger partial charge on any atom is 0.0972 e. The maximum atomic E-state index is 5.53. The second-order valence-electron chi connectivity index (χ2n) is 3.54. The summed E-state index contributed by atoms with van der Waals surface area (Å²) in [4.78, 5) is 4.46. The summed E-state index contributed by atoms with van der Waals surface area (Å²) in [5.41, 5.74) is 9.18. The number of aromatic nitrogens is 1. The van der Waals surface area contributed by atoms with Gasteiger partial charge in [0.2, 0.25) is 0 Å². The number of thiazole rings is 1. The van der Waals surface area contributed by atoms with Crippen LogP contribution in [0.25, 0.3) is 0 Å². The van der Waals surface area contributed by atoms with E-state index in [4.69, 9.17) is 5.73 Å². The summed E-state index contributed by atoms with van der Waals surface area (Å²) in [5, 5.41) is 3.18. The zero-order chi connectivity index (χ0) is 10.7. The van der Waals surface area contributed by atoms with E-state index in [1.807, 2.05) is 5.38 Å². The number of aryl methyl sites for hydroxylation is 1.